The molecule has 0 amide bonds. The second kappa shape index (κ2) is 4.91. The molecule has 3 heteroatoms. The summed E-state index contributed by atoms with van der Waals surface area (Å²) in [6.45, 7) is 2.28. The van der Waals surface area contributed by atoms with E-state index in [1.807, 2.05) is 0 Å². The molecule has 0 aromatic rings. The predicted molar refractivity (Wildman–Crippen MR) is 75.1 cm³/mol. The van der Waals surface area contributed by atoms with E-state index in [1.165, 1.54) is 24.3 Å². The number of rotatable bonds is 1. The van der Waals surface area contributed by atoms with Gasteiger partial charge in [-0.3, -0.25) is 0 Å². The Kier molecular flexibility index (Phi) is 3.30. The third-order valence-electron chi connectivity index (χ3n) is 4.22. The normalized spacial score (nSPS) is 33.9. The molecular weight excluding hydrogens is 228 g/mol. The summed E-state index contributed by atoms with van der Waals surface area (Å²) in [4.78, 5) is 3.74. The lowest BCUT2D eigenvalue weighted by Gasteiger charge is -2.47. The fourth-order valence-electron chi connectivity index (χ4n) is 3.32. The van der Waals surface area contributed by atoms with Gasteiger partial charge in [-0.1, -0.05) is 36.5 Å². The number of thiocarbonyl (C=S) groups is 1. The Morgan fingerprint density at radius 2 is 1.88 bits per heavy atom. The summed E-state index contributed by atoms with van der Waals surface area (Å²) in [5.74, 6) is 0.682. The summed E-state index contributed by atoms with van der Waals surface area (Å²) in [7, 11) is 0. The minimum atomic E-state index is 0.532. The predicted octanol–water partition coefficient (Wildman–Crippen LogP) is 2.27. The highest BCUT2D eigenvalue weighted by molar-refractivity contribution is 7.80. The van der Waals surface area contributed by atoms with Crippen molar-refractivity contribution in [2.24, 2.45) is 5.92 Å². The van der Waals surface area contributed by atoms with Gasteiger partial charge in [0.1, 0.15) is 0 Å². The molecule has 0 radical (unpaired) electrons. The molecule has 3 rings (SSSR count). The molecule has 0 saturated carbocycles. The van der Waals surface area contributed by atoms with Crippen molar-refractivity contribution in [3.8, 4) is 0 Å². The van der Waals surface area contributed by atoms with Gasteiger partial charge in [0.25, 0.3) is 0 Å². The summed E-state index contributed by atoms with van der Waals surface area (Å²) >= 11 is 5.62. The summed E-state index contributed by atoms with van der Waals surface area (Å²) < 4.78 is 0. The summed E-state index contributed by atoms with van der Waals surface area (Å²) in [5.41, 5.74) is 0. The molecule has 2 aliphatic heterocycles. The largest absolute Gasteiger partial charge is 0.356 e. The van der Waals surface area contributed by atoms with Crippen molar-refractivity contribution < 1.29 is 0 Å². The Hall–Kier alpha value is -0.670. The van der Waals surface area contributed by atoms with Crippen LogP contribution in [0.3, 0.4) is 0 Å². The van der Waals surface area contributed by atoms with Gasteiger partial charge in [-0.05, 0) is 38.8 Å². The second-order valence-corrected chi connectivity index (χ2v) is 5.72. The molecule has 2 nitrogen and oxygen atoms in total. The summed E-state index contributed by atoms with van der Waals surface area (Å²) in [6, 6.07) is 1.19. The third kappa shape index (κ3) is 2.18. The first kappa shape index (κ1) is 11.4. The third-order valence-corrected chi connectivity index (χ3v) is 4.63. The fraction of sp³-hybridized carbons (Fsp3) is 0.643. The Morgan fingerprint density at radius 1 is 1.12 bits per heavy atom. The highest BCUT2D eigenvalue weighted by Crippen LogP contribution is 2.33. The molecule has 92 valence electrons. The van der Waals surface area contributed by atoms with Crippen molar-refractivity contribution in [3.05, 3.63) is 24.3 Å². The van der Waals surface area contributed by atoms with Gasteiger partial charge < -0.3 is 10.2 Å². The van der Waals surface area contributed by atoms with Gasteiger partial charge in [0, 0.05) is 12.0 Å². The first-order chi connectivity index (χ1) is 8.36. The number of hydrogen-bond acceptors (Lipinski definition) is 2. The highest BCUT2D eigenvalue weighted by Gasteiger charge is 2.35. The van der Waals surface area contributed by atoms with Crippen molar-refractivity contribution >= 4 is 17.2 Å². The van der Waals surface area contributed by atoms with Crippen LogP contribution < -0.4 is 5.32 Å². The summed E-state index contributed by atoms with van der Waals surface area (Å²) in [6.07, 6.45) is 13.9. The molecule has 1 aliphatic carbocycles. The smallest absolute Gasteiger partial charge is 0.0787 e. The first-order valence-electron chi connectivity index (χ1n) is 6.73. The summed E-state index contributed by atoms with van der Waals surface area (Å²) in [5, 5.41) is 3.44. The fourth-order valence-corrected chi connectivity index (χ4v) is 3.71. The number of nitrogens with zero attached hydrogens (tertiary/aromatic N) is 1. The van der Waals surface area contributed by atoms with E-state index < -0.39 is 0 Å². The number of nitrogens with one attached hydrogen (secondary N) is 1. The van der Waals surface area contributed by atoms with E-state index in [2.05, 4.69) is 34.5 Å². The molecule has 0 aromatic carbocycles. The standard InChI is InChI=1S/C14H20N2S/c17-14-6-5-11-3-1-2-4-13(11)16(14)12-7-9-15-10-8-12/h1-4,11-13,15H,5-10H2. The lowest BCUT2D eigenvalue weighted by molar-refractivity contribution is 0.173. The lowest BCUT2D eigenvalue weighted by Crippen LogP contribution is -2.54. The minimum absolute atomic E-state index is 0.532. The van der Waals surface area contributed by atoms with E-state index in [9.17, 15) is 0 Å². The van der Waals surface area contributed by atoms with Gasteiger partial charge in [0.15, 0.2) is 0 Å². The maximum atomic E-state index is 5.62. The number of fused-ring (bicyclic) bond motifs is 1. The van der Waals surface area contributed by atoms with Crippen LogP contribution in [0.1, 0.15) is 25.7 Å². The maximum absolute atomic E-state index is 5.62. The minimum Gasteiger partial charge on any atom is -0.356 e. The van der Waals surface area contributed by atoms with Gasteiger partial charge in [0.05, 0.1) is 11.0 Å². The Morgan fingerprint density at radius 3 is 2.71 bits per heavy atom. The van der Waals surface area contributed by atoms with Crippen LogP contribution in [-0.2, 0) is 0 Å². The topological polar surface area (TPSA) is 15.3 Å². The van der Waals surface area contributed by atoms with Crippen LogP contribution in [0, 0.1) is 5.92 Å². The zero-order chi connectivity index (χ0) is 11.7. The second-order valence-electron chi connectivity index (χ2n) is 5.25. The number of allylic oxidation sites excluding steroid dienone is 2. The SMILES string of the molecule is S=C1CCC2C=CC=CC2N1C1CCNCC1. The molecular formula is C14H20N2S. The number of hydrogen-bond donors (Lipinski definition) is 1. The van der Waals surface area contributed by atoms with E-state index in [4.69, 9.17) is 12.2 Å². The lowest BCUT2D eigenvalue weighted by atomic mass is 9.84. The molecule has 0 spiro atoms. The van der Waals surface area contributed by atoms with E-state index >= 15 is 0 Å². The average Bonchev–Trinajstić information content (AvgIpc) is 2.39. The Labute approximate surface area is 109 Å². The van der Waals surface area contributed by atoms with E-state index in [0.717, 1.165) is 19.5 Å². The van der Waals surface area contributed by atoms with Crippen LogP contribution in [0.2, 0.25) is 0 Å². The molecule has 3 aliphatic rings. The molecule has 0 bridgehead atoms. The molecule has 2 fully saturated rings. The van der Waals surface area contributed by atoms with E-state index in [0.29, 0.717) is 18.0 Å². The van der Waals surface area contributed by atoms with Gasteiger partial charge >= 0.3 is 0 Å². The molecule has 2 unspecified atom stereocenters. The van der Waals surface area contributed by atoms with E-state index in [1.54, 1.807) is 0 Å². The van der Waals surface area contributed by atoms with Gasteiger partial charge in [0.2, 0.25) is 0 Å². The number of piperidine rings is 2. The van der Waals surface area contributed by atoms with Crippen LogP contribution in [-0.4, -0.2) is 35.1 Å². The highest BCUT2D eigenvalue weighted by atomic mass is 32.1. The average molecular weight is 248 g/mol. The van der Waals surface area contributed by atoms with Gasteiger partial charge in [-0.25, -0.2) is 0 Å². The Balaban J connectivity index is 1.81. The van der Waals surface area contributed by atoms with Crippen molar-refractivity contribution in [1.29, 1.82) is 0 Å². The molecule has 2 heterocycles. The molecule has 2 atom stereocenters. The first-order valence-corrected chi connectivity index (χ1v) is 7.14. The molecule has 17 heavy (non-hydrogen) atoms. The van der Waals surface area contributed by atoms with Crippen LogP contribution in [0.25, 0.3) is 0 Å². The van der Waals surface area contributed by atoms with Crippen molar-refractivity contribution in [1.82, 2.24) is 10.2 Å². The maximum Gasteiger partial charge on any atom is 0.0787 e. The van der Waals surface area contributed by atoms with Gasteiger partial charge in [-0.15, -0.1) is 0 Å². The zero-order valence-electron chi connectivity index (χ0n) is 10.1. The van der Waals surface area contributed by atoms with Crippen molar-refractivity contribution in [2.45, 2.75) is 37.8 Å². The van der Waals surface area contributed by atoms with Crippen LogP contribution >= 0.6 is 12.2 Å². The van der Waals surface area contributed by atoms with Crippen molar-refractivity contribution in [3.63, 3.8) is 0 Å². The number of likely N-dealkylation sites (tertiary alicyclic amines) is 1. The quantitative estimate of drug-likeness (QED) is 0.717. The monoisotopic (exact) mass is 248 g/mol. The molecule has 1 N–H and O–H groups in total. The van der Waals surface area contributed by atoms with E-state index in [-0.39, 0.29) is 0 Å². The molecule has 2 saturated heterocycles. The Bertz CT molecular complexity index is 355. The van der Waals surface area contributed by atoms with Gasteiger partial charge in [-0.2, -0.15) is 0 Å². The zero-order valence-corrected chi connectivity index (χ0v) is 11.0. The van der Waals surface area contributed by atoms with Crippen molar-refractivity contribution in [2.75, 3.05) is 13.1 Å². The van der Waals surface area contributed by atoms with Crippen LogP contribution in [0.5, 0.6) is 0 Å². The van der Waals surface area contributed by atoms with Crippen LogP contribution in [0.4, 0.5) is 0 Å². The van der Waals surface area contributed by atoms with Crippen LogP contribution in [0.15, 0.2) is 24.3 Å². The molecule has 0 aromatic heterocycles.